The van der Waals surface area contributed by atoms with E-state index in [1.54, 1.807) is 12.4 Å². The van der Waals surface area contributed by atoms with Gasteiger partial charge < -0.3 is 30.1 Å². The molecule has 2 aromatic heterocycles. The summed E-state index contributed by atoms with van der Waals surface area (Å²) in [4.78, 5) is 4.06. The fraction of sp³-hybridized carbons (Fsp3) is 0.0500. The molecule has 0 atom stereocenters. The molecule has 7 heteroatoms. The van der Waals surface area contributed by atoms with E-state index in [-0.39, 0.29) is 24.8 Å². The van der Waals surface area contributed by atoms with E-state index in [4.69, 9.17) is 11.6 Å². The molecule has 0 unspecified atom stereocenters. The lowest BCUT2D eigenvalue weighted by Gasteiger charge is -2.11. The summed E-state index contributed by atoms with van der Waals surface area (Å²) in [7, 11) is 0. The summed E-state index contributed by atoms with van der Waals surface area (Å²) in [6, 6.07) is 19.7. The van der Waals surface area contributed by atoms with Crippen molar-refractivity contribution in [3.63, 3.8) is 0 Å². The molecular weight excluding hydrogens is 403 g/mol. The van der Waals surface area contributed by atoms with E-state index < -0.39 is 0 Å². The van der Waals surface area contributed by atoms with Gasteiger partial charge in [0.05, 0.1) is 5.69 Å². The molecule has 0 saturated heterocycles. The van der Waals surface area contributed by atoms with Gasteiger partial charge in [-0.15, -0.1) is 5.10 Å². The van der Waals surface area contributed by atoms with Gasteiger partial charge in [-0.05, 0) is 42.0 Å². The number of anilines is 2. The number of fused-ring (bicyclic) bond motifs is 1. The molecule has 0 bridgehead atoms. The van der Waals surface area contributed by atoms with Crippen LogP contribution in [0.15, 0.2) is 73.1 Å². The van der Waals surface area contributed by atoms with E-state index in [1.165, 1.54) is 0 Å². The van der Waals surface area contributed by atoms with Crippen molar-refractivity contribution in [1.29, 1.82) is 0 Å². The number of pyridine rings is 1. The summed E-state index contributed by atoms with van der Waals surface area (Å²) in [6.45, 7) is 0. The topological polar surface area (TPSA) is 50.7 Å². The summed E-state index contributed by atoms with van der Waals surface area (Å²) in [5.74, 6) is 0.733. The van der Waals surface area contributed by atoms with Gasteiger partial charge in [0.2, 0.25) is 0 Å². The van der Waals surface area contributed by atoms with Crippen molar-refractivity contribution in [3.8, 4) is 0 Å². The molecule has 4 aromatic rings. The van der Waals surface area contributed by atoms with Gasteiger partial charge >= 0.3 is 0 Å². The minimum Gasteiger partial charge on any atom is -1.00 e. The third-order valence-electron chi connectivity index (χ3n) is 3.99. The first-order valence-corrected chi connectivity index (χ1v) is 8.33. The molecule has 2 aromatic carbocycles. The van der Waals surface area contributed by atoms with Crippen LogP contribution >= 0.6 is 11.6 Å². The Morgan fingerprint density at radius 2 is 1.44 bits per heavy atom. The van der Waals surface area contributed by atoms with E-state index in [2.05, 4.69) is 32.6 Å². The Kier molecular flexibility index (Phi) is 7.36. The van der Waals surface area contributed by atoms with Crippen LogP contribution in [-0.2, 0) is 6.42 Å². The van der Waals surface area contributed by atoms with Crippen molar-refractivity contribution < 1.29 is 24.8 Å². The Morgan fingerprint density at radius 3 is 2.15 bits per heavy atom. The molecule has 0 aliphatic heterocycles. The van der Waals surface area contributed by atoms with Crippen LogP contribution < -0.4 is 30.1 Å². The third-order valence-corrected chi connectivity index (χ3v) is 4.24. The Labute approximate surface area is 174 Å². The molecule has 0 radical (unpaired) electrons. The van der Waals surface area contributed by atoms with Gasteiger partial charge in [-0.3, -0.25) is 4.98 Å². The second-order valence-corrected chi connectivity index (χ2v) is 6.14. The van der Waals surface area contributed by atoms with E-state index in [1.807, 2.05) is 48.5 Å². The van der Waals surface area contributed by atoms with E-state index in [9.17, 15) is 0 Å². The molecule has 138 valence electrons. The highest BCUT2D eigenvalue weighted by molar-refractivity contribution is 6.30. The van der Waals surface area contributed by atoms with Crippen LogP contribution in [0.3, 0.4) is 0 Å². The number of rotatable bonds is 4. The van der Waals surface area contributed by atoms with Gasteiger partial charge in [-0.1, -0.05) is 35.9 Å². The van der Waals surface area contributed by atoms with Gasteiger partial charge in [0.15, 0.2) is 5.82 Å². The Bertz CT molecular complexity index is 1010. The molecule has 4 nitrogen and oxygen atoms in total. The maximum Gasteiger partial charge on any atom is 0.160 e. The van der Waals surface area contributed by atoms with Crippen LogP contribution in [0.2, 0.25) is 5.02 Å². The molecule has 1 N–H and O–H groups in total. The largest absolute Gasteiger partial charge is 1.00 e. The average molecular weight is 418 g/mol. The minimum absolute atomic E-state index is 0. The van der Waals surface area contributed by atoms with E-state index in [0.717, 1.165) is 40.0 Å². The zero-order valence-electron chi connectivity index (χ0n) is 14.1. The van der Waals surface area contributed by atoms with Crippen LogP contribution in [0.4, 0.5) is 11.5 Å². The first kappa shape index (κ1) is 20.9. The van der Waals surface area contributed by atoms with Crippen LogP contribution in [-0.4, -0.2) is 15.2 Å². The first-order valence-electron chi connectivity index (χ1n) is 7.95. The fourth-order valence-corrected chi connectivity index (χ4v) is 2.87. The summed E-state index contributed by atoms with van der Waals surface area (Å²) in [5, 5.41) is 15.0. The summed E-state index contributed by atoms with van der Waals surface area (Å²) in [6.07, 6.45) is 4.31. The summed E-state index contributed by atoms with van der Waals surface area (Å²) in [5.41, 5.74) is 3.03. The molecule has 0 saturated carbocycles. The lowest BCUT2D eigenvalue weighted by molar-refractivity contribution is -0.00100. The monoisotopic (exact) mass is 416 g/mol. The normalized spacial score (nSPS) is 9.96. The number of nitrogens with one attached hydrogen (secondary N) is 1. The number of hydrogen-bond donors (Lipinski definition) is 1. The SMILES string of the molecule is Clc1ccc(Nc2nnc(Cc3ccncc3)c3ccccc23)cc1.[Cl-].[Cl-]. The minimum atomic E-state index is 0. The molecule has 0 amide bonds. The molecule has 0 spiro atoms. The quantitative estimate of drug-likeness (QED) is 0.464. The zero-order chi connectivity index (χ0) is 17.1. The van der Waals surface area contributed by atoms with Crippen molar-refractivity contribution in [1.82, 2.24) is 15.2 Å². The van der Waals surface area contributed by atoms with Gasteiger partial charge in [-0.2, -0.15) is 5.10 Å². The number of halogens is 3. The van der Waals surface area contributed by atoms with Crippen LogP contribution in [0.1, 0.15) is 11.3 Å². The number of nitrogens with zero attached hydrogens (tertiary/aromatic N) is 3. The second kappa shape index (κ2) is 9.51. The Hall–Kier alpha value is -2.40. The van der Waals surface area contributed by atoms with Crippen LogP contribution in [0.5, 0.6) is 0 Å². The molecule has 0 aliphatic rings. The van der Waals surface area contributed by atoms with Gasteiger partial charge in [0, 0.05) is 40.3 Å². The summed E-state index contributed by atoms with van der Waals surface area (Å²) < 4.78 is 0. The molecule has 0 aliphatic carbocycles. The van der Waals surface area contributed by atoms with Gasteiger partial charge in [-0.25, -0.2) is 0 Å². The van der Waals surface area contributed by atoms with E-state index >= 15 is 0 Å². The summed E-state index contributed by atoms with van der Waals surface area (Å²) >= 11 is 5.95. The standard InChI is InChI=1S/C20H15ClN4.2ClH/c21-15-5-7-16(8-6-15)23-20-18-4-2-1-3-17(18)19(24-25-20)13-14-9-11-22-12-10-14;;/h1-12H,13H2,(H,23,25);2*1H/p-2. The van der Waals surface area contributed by atoms with E-state index in [0.29, 0.717) is 5.02 Å². The fourth-order valence-electron chi connectivity index (χ4n) is 2.75. The average Bonchev–Trinajstić information content (AvgIpc) is 2.66. The molecule has 27 heavy (non-hydrogen) atoms. The molecule has 4 rings (SSSR count). The zero-order valence-corrected chi connectivity index (χ0v) is 16.4. The number of aromatic nitrogens is 3. The number of hydrogen-bond acceptors (Lipinski definition) is 4. The second-order valence-electron chi connectivity index (χ2n) is 5.71. The maximum atomic E-state index is 5.95. The van der Waals surface area contributed by atoms with Gasteiger partial charge in [0.25, 0.3) is 0 Å². The van der Waals surface area contributed by atoms with Crippen molar-refractivity contribution in [2.45, 2.75) is 6.42 Å². The van der Waals surface area contributed by atoms with Crippen molar-refractivity contribution in [3.05, 3.63) is 89.3 Å². The lowest BCUT2D eigenvalue weighted by Crippen LogP contribution is -3.00. The highest BCUT2D eigenvalue weighted by atomic mass is 35.5. The van der Waals surface area contributed by atoms with Crippen LogP contribution in [0, 0.1) is 0 Å². The molecule has 2 heterocycles. The highest BCUT2D eigenvalue weighted by Gasteiger charge is 2.10. The Morgan fingerprint density at radius 1 is 0.778 bits per heavy atom. The highest BCUT2D eigenvalue weighted by Crippen LogP contribution is 2.27. The number of benzene rings is 2. The lowest BCUT2D eigenvalue weighted by atomic mass is 10.0. The predicted molar refractivity (Wildman–Crippen MR) is 101 cm³/mol. The first-order chi connectivity index (χ1) is 12.3. The molecule has 0 fully saturated rings. The van der Waals surface area contributed by atoms with Gasteiger partial charge in [0.1, 0.15) is 0 Å². The Balaban J connectivity index is 0.00000131. The van der Waals surface area contributed by atoms with Crippen molar-refractivity contribution >= 4 is 33.9 Å². The predicted octanol–water partition coefficient (Wildman–Crippen LogP) is -0.979. The smallest absolute Gasteiger partial charge is 0.160 e. The molecular formula is C20H15Cl3N4-2. The van der Waals surface area contributed by atoms with Crippen molar-refractivity contribution in [2.75, 3.05) is 5.32 Å². The van der Waals surface area contributed by atoms with Crippen LogP contribution in [0.25, 0.3) is 10.8 Å². The maximum absolute atomic E-state index is 5.95. The third kappa shape index (κ3) is 4.86. The van der Waals surface area contributed by atoms with Crippen molar-refractivity contribution in [2.24, 2.45) is 0 Å².